The monoisotopic (exact) mass is 456 g/mol. The maximum atomic E-state index is 10.4. The van der Waals surface area contributed by atoms with Crippen molar-refractivity contribution in [2.24, 2.45) is 0 Å². The van der Waals surface area contributed by atoms with Crippen LogP contribution in [-0.4, -0.2) is 50.3 Å². The summed E-state index contributed by atoms with van der Waals surface area (Å²) < 4.78 is 18.3. The summed E-state index contributed by atoms with van der Waals surface area (Å²) in [5.74, 6) is -1.25. The molecule has 0 bridgehead atoms. The molecule has 0 N–H and O–H groups in total. The van der Waals surface area contributed by atoms with E-state index in [9.17, 15) is 19.2 Å². The standard InChI is InChI=1S/4C6H10O2/c4*1-4-8-6(7)5(2)3/h4*2,4H2,1,3H3. The van der Waals surface area contributed by atoms with Crippen LogP contribution in [0.5, 0.6) is 0 Å². The zero-order valence-electron chi connectivity index (χ0n) is 20.9. The molecule has 0 aliphatic heterocycles. The first-order chi connectivity index (χ1) is 14.7. The highest BCUT2D eigenvalue weighted by atomic mass is 16.5. The second-order valence-electron chi connectivity index (χ2n) is 6.00. The number of carbonyl (C=O) groups excluding carboxylic acids is 4. The Labute approximate surface area is 192 Å². The van der Waals surface area contributed by atoms with E-state index in [0.29, 0.717) is 48.7 Å². The molecule has 0 saturated heterocycles. The molecular weight excluding hydrogens is 416 g/mol. The SMILES string of the molecule is C=C(C)C(=O)OCC.C=C(C)C(=O)OCC.C=C(C)C(=O)OCC.C=C(C)C(=O)OCC. The van der Waals surface area contributed by atoms with Crippen LogP contribution < -0.4 is 0 Å². The van der Waals surface area contributed by atoms with Crippen LogP contribution >= 0.6 is 0 Å². The van der Waals surface area contributed by atoms with Crippen molar-refractivity contribution in [3.8, 4) is 0 Å². The topological polar surface area (TPSA) is 105 Å². The molecule has 0 atom stereocenters. The molecule has 184 valence electrons. The highest BCUT2D eigenvalue weighted by molar-refractivity contribution is 5.88. The van der Waals surface area contributed by atoms with Crippen molar-refractivity contribution in [2.45, 2.75) is 55.4 Å². The van der Waals surface area contributed by atoms with Crippen molar-refractivity contribution in [3.05, 3.63) is 48.6 Å². The van der Waals surface area contributed by atoms with Gasteiger partial charge in [-0.3, -0.25) is 0 Å². The Balaban J connectivity index is -0.000000163. The zero-order chi connectivity index (χ0) is 26.3. The lowest BCUT2D eigenvalue weighted by atomic mass is 10.4. The third kappa shape index (κ3) is 29.0. The molecule has 32 heavy (non-hydrogen) atoms. The largest absolute Gasteiger partial charge is 0.463 e. The molecule has 0 radical (unpaired) electrons. The van der Waals surface area contributed by atoms with Gasteiger partial charge in [-0.05, 0) is 55.4 Å². The minimum atomic E-state index is -0.312. The Morgan fingerprint density at radius 2 is 0.562 bits per heavy atom. The molecule has 0 spiro atoms. The summed E-state index contributed by atoms with van der Waals surface area (Å²) in [5, 5.41) is 0. The number of rotatable bonds is 8. The van der Waals surface area contributed by atoms with Gasteiger partial charge in [0.15, 0.2) is 0 Å². The van der Waals surface area contributed by atoms with Gasteiger partial charge in [0, 0.05) is 22.3 Å². The summed E-state index contributed by atoms with van der Waals surface area (Å²) in [6.07, 6.45) is 0. The molecule has 0 rings (SSSR count). The average Bonchev–Trinajstić information content (AvgIpc) is 2.70. The molecule has 0 aromatic carbocycles. The van der Waals surface area contributed by atoms with Gasteiger partial charge in [0.1, 0.15) is 0 Å². The number of carbonyl (C=O) groups is 4. The van der Waals surface area contributed by atoms with Crippen LogP contribution in [0.3, 0.4) is 0 Å². The van der Waals surface area contributed by atoms with E-state index >= 15 is 0 Å². The Morgan fingerprint density at radius 3 is 0.594 bits per heavy atom. The van der Waals surface area contributed by atoms with Gasteiger partial charge < -0.3 is 18.9 Å². The third-order valence-electron chi connectivity index (χ3n) is 2.50. The summed E-state index contributed by atoms with van der Waals surface area (Å²) in [7, 11) is 0. The van der Waals surface area contributed by atoms with Gasteiger partial charge in [0.2, 0.25) is 0 Å². The highest BCUT2D eigenvalue weighted by Gasteiger charge is 1.99. The van der Waals surface area contributed by atoms with Crippen molar-refractivity contribution < 1.29 is 38.1 Å². The maximum Gasteiger partial charge on any atom is 0.333 e. The molecule has 0 saturated carbocycles. The van der Waals surface area contributed by atoms with Gasteiger partial charge in [-0.15, -0.1) is 0 Å². The van der Waals surface area contributed by atoms with E-state index in [1.165, 1.54) is 0 Å². The summed E-state index contributed by atoms with van der Waals surface area (Å²) in [5.41, 5.74) is 1.80. The normalized spacial score (nSPS) is 8.25. The van der Waals surface area contributed by atoms with Crippen molar-refractivity contribution in [1.29, 1.82) is 0 Å². The van der Waals surface area contributed by atoms with Gasteiger partial charge in [0.25, 0.3) is 0 Å². The Morgan fingerprint density at radius 1 is 0.438 bits per heavy atom. The number of hydrogen-bond donors (Lipinski definition) is 0. The molecule has 0 aliphatic carbocycles. The molecule has 0 aliphatic rings. The van der Waals surface area contributed by atoms with E-state index < -0.39 is 0 Å². The molecule has 8 nitrogen and oxygen atoms in total. The fourth-order valence-electron chi connectivity index (χ4n) is 1.02. The van der Waals surface area contributed by atoms with E-state index in [-0.39, 0.29) is 23.9 Å². The third-order valence-corrected chi connectivity index (χ3v) is 2.50. The first kappa shape index (κ1) is 36.2. The summed E-state index contributed by atoms with van der Waals surface area (Å²) >= 11 is 0. The lowest BCUT2D eigenvalue weighted by Gasteiger charge is -1.96. The Kier molecular flexibility index (Phi) is 27.3. The van der Waals surface area contributed by atoms with Gasteiger partial charge in [-0.2, -0.15) is 0 Å². The highest BCUT2D eigenvalue weighted by Crippen LogP contribution is 1.91. The minimum Gasteiger partial charge on any atom is -0.463 e. The number of hydrogen-bond acceptors (Lipinski definition) is 8. The van der Waals surface area contributed by atoms with Gasteiger partial charge in [0.05, 0.1) is 26.4 Å². The van der Waals surface area contributed by atoms with Gasteiger partial charge in [-0.25, -0.2) is 19.2 Å². The number of esters is 4. The van der Waals surface area contributed by atoms with E-state index in [2.05, 4.69) is 45.3 Å². The first-order valence-corrected chi connectivity index (χ1v) is 10.0. The van der Waals surface area contributed by atoms with E-state index in [1.807, 2.05) is 0 Å². The molecule has 0 heterocycles. The zero-order valence-corrected chi connectivity index (χ0v) is 20.9. The van der Waals surface area contributed by atoms with Crippen LogP contribution in [0, 0.1) is 0 Å². The smallest absolute Gasteiger partial charge is 0.333 e. The second kappa shape index (κ2) is 24.1. The number of ether oxygens (including phenoxy) is 4. The molecule has 0 unspecified atom stereocenters. The van der Waals surface area contributed by atoms with Crippen LogP contribution in [0.1, 0.15) is 55.4 Å². The lowest BCUT2D eigenvalue weighted by molar-refractivity contribution is -0.139. The fourth-order valence-corrected chi connectivity index (χ4v) is 1.02. The summed E-state index contributed by atoms with van der Waals surface area (Å²) in [4.78, 5) is 41.7. The Bertz CT molecular complexity index is 532. The molecule has 0 aromatic heterocycles. The van der Waals surface area contributed by atoms with Crippen LogP contribution in [0.4, 0.5) is 0 Å². The van der Waals surface area contributed by atoms with E-state index in [0.717, 1.165) is 0 Å². The predicted molar refractivity (Wildman–Crippen MR) is 126 cm³/mol. The Hall–Kier alpha value is -3.16. The van der Waals surface area contributed by atoms with Crippen molar-refractivity contribution in [1.82, 2.24) is 0 Å². The van der Waals surface area contributed by atoms with Gasteiger partial charge >= 0.3 is 23.9 Å². The lowest BCUT2D eigenvalue weighted by Crippen LogP contribution is -2.03. The molecule has 0 fully saturated rings. The van der Waals surface area contributed by atoms with Crippen molar-refractivity contribution in [3.63, 3.8) is 0 Å². The minimum absolute atomic E-state index is 0.312. The molecule has 0 amide bonds. The van der Waals surface area contributed by atoms with Crippen LogP contribution in [0.15, 0.2) is 48.6 Å². The maximum absolute atomic E-state index is 10.4. The van der Waals surface area contributed by atoms with Crippen molar-refractivity contribution >= 4 is 23.9 Å². The van der Waals surface area contributed by atoms with Crippen molar-refractivity contribution in [2.75, 3.05) is 26.4 Å². The predicted octanol–water partition coefficient (Wildman–Crippen LogP) is 4.50. The summed E-state index contributed by atoms with van der Waals surface area (Å²) in [6, 6.07) is 0. The second-order valence-corrected chi connectivity index (χ2v) is 6.00. The van der Waals surface area contributed by atoms with E-state index in [1.54, 1.807) is 55.4 Å². The average molecular weight is 457 g/mol. The van der Waals surface area contributed by atoms with E-state index in [4.69, 9.17) is 0 Å². The molecule has 8 heteroatoms. The van der Waals surface area contributed by atoms with Crippen LogP contribution in [0.25, 0.3) is 0 Å². The molecular formula is C24H40O8. The molecule has 0 aromatic rings. The van der Waals surface area contributed by atoms with Gasteiger partial charge in [-0.1, -0.05) is 26.3 Å². The first-order valence-electron chi connectivity index (χ1n) is 10.0. The quantitative estimate of drug-likeness (QED) is 0.299. The summed E-state index contributed by atoms with van der Waals surface area (Å²) in [6.45, 7) is 28.8. The fraction of sp³-hybridized carbons (Fsp3) is 0.500. The van der Waals surface area contributed by atoms with Crippen LogP contribution in [-0.2, 0) is 38.1 Å². The van der Waals surface area contributed by atoms with Crippen LogP contribution in [0.2, 0.25) is 0 Å².